The van der Waals surface area contributed by atoms with Gasteiger partial charge in [-0.3, -0.25) is 14.6 Å². The van der Waals surface area contributed by atoms with Crippen molar-refractivity contribution in [2.75, 3.05) is 5.32 Å². The number of nitrogens with one attached hydrogen (secondary N) is 2. The molecule has 0 bridgehead atoms. The SMILES string of the molecule is Cc1ccc(-c2ccncc2)cc1NC(=O)C(C)NC(=O)c1ccoc1. The molecule has 0 saturated carbocycles. The van der Waals surface area contributed by atoms with Crippen LogP contribution in [0.5, 0.6) is 0 Å². The van der Waals surface area contributed by atoms with Crippen LogP contribution < -0.4 is 10.6 Å². The molecule has 26 heavy (non-hydrogen) atoms. The molecule has 1 aromatic carbocycles. The summed E-state index contributed by atoms with van der Waals surface area (Å²) in [6.07, 6.45) is 6.19. The molecule has 2 N–H and O–H groups in total. The third-order valence-electron chi connectivity index (χ3n) is 4.03. The Labute approximate surface area is 151 Å². The van der Waals surface area contributed by atoms with E-state index in [1.165, 1.54) is 12.5 Å². The minimum atomic E-state index is -0.693. The maximum atomic E-state index is 12.5. The molecule has 6 heteroatoms. The monoisotopic (exact) mass is 349 g/mol. The molecule has 0 aliphatic heterocycles. The van der Waals surface area contributed by atoms with Crippen LogP contribution in [0, 0.1) is 6.92 Å². The zero-order valence-corrected chi connectivity index (χ0v) is 14.5. The quantitative estimate of drug-likeness (QED) is 0.739. The molecule has 2 amide bonds. The molecule has 2 heterocycles. The second-order valence-electron chi connectivity index (χ2n) is 5.96. The minimum absolute atomic E-state index is 0.295. The number of anilines is 1. The van der Waals surface area contributed by atoms with E-state index in [0.29, 0.717) is 11.3 Å². The molecule has 1 atom stereocenters. The van der Waals surface area contributed by atoms with E-state index in [4.69, 9.17) is 4.42 Å². The topological polar surface area (TPSA) is 84.2 Å². The Kier molecular flexibility index (Phi) is 5.12. The predicted molar refractivity (Wildman–Crippen MR) is 98.7 cm³/mol. The van der Waals surface area contributed by atoms with Crippen LogP contribution in [-0.2, 0) is 4.79 Å². The summed E-state index contributed by atoms with van der Waals surface area (Å²) in [5.41, 5.74) is 4.00. The van der Waals surface area contributed by atoms with Gasteiger partial charge in [0, 0.05) is 18.1 Å². The molecule has 0 aliphatic carbocycles. The number of benzene rings is 1. The van der Waals surface area contributed by atoms with E-state index < -0.39 is 6.04 Å². The molecule has 3 rings (SSSR count). The normalized spacial score (nSPS) is 11.6. The minimum Gasteiger partial charge on any atom is -0.472 e. The van der Waals surface area contributed by atoms with Gasteiger partial charge in [0.2, 0.25) is 5.91 Å². The van der Waals surface area contributed by atoms with Crippen LogP contribution in [0.2, 0.25) is 0 Å². The van der Waals surface area contributed by atoms with Crippen LogP contribution in [0.3, 0.4) is 0 Å². The summed E-state index contributed by atoms with van der Waals surface area (Å²) in [4.78, 5) is 28.5. The van der Waals surface area contributed by atoms with Crippen LogP contribution in [0.1, 0.15) is 22.8 Å². The molecule has 0 spiro atoms. The highest BCUT2D eigenvalue weighted by atomic mass is 16.3. The van der Waals surface area contributed by atoms with Crippen LogP contribution in [0.25, 0.3) is 11.1 Å². The fourth-order valence-electron chi connectivity index (χ4n) is 2.46. The summed E-state index contributed by atoms with van der Waals surface area (Å²) < 4.78 is 4.88. The van der Waals surface area contributed by atoms with Crippen LogP contribution >= 0.6 is 0 Å². The number of aryl methyl sites for hydroxylation is 1. The van der Waals surface area contributed by atoms with Crippen LogP contribution in [0.4, 0.5) is 5.69 Å². The second kappa shape index (κ2) is 7.65. The molecule has 6 nitrogen and oxygen atoms in total. The van der Waals surface area contributed by atoms with Crippen molar-refractivity contribution in [1.82, 2.24) is 10.3 Å². The van der Waals surface area contributed by atoms with Crippen molar-refractivity contribution in [2.24, 2.45) is 0 Å². The summed E-state index contributed by atoms with van der Waals surface area (Å²) in [5, 5.41) is 5.53. The molecule has 1 unspecified atom stereocenters. The van der Waals surface area contributed by atoms with Gasteiger partial charge in [-0.25, -0.2) is 0 Å². The number of hydrogen-bond acceptors (Lipinski definition) is 4. The van der Waals surface area contributed by atoms with Crippen LogP contribution in [-0.4, -0.2) is 22.8 Å². The molecule has 0 fully saturated rings. The Bertz CT molecular complexity index is 905. The molecular weight excluding hydrogens is 330 g/mol. The van der Waals surface area contributed by atoms with Crippen molar-refractivity contribution in [1.29, 1.82) is 0 Å². The second-order valence-corrected chi connectivity index (χ2v) is 5.96. The van der Waals surface area contributed by atoms with Gasteiger partial charge in [-0.15, -0.1) is 0 Å². The van der Waals surface area contributed by atoms with Crippen molar-refractivity contribution in [3.05, 3.63) is 72.4 Å². The lowest BCUT2D eigenvalue weighted by atomic mass is 10.0. The van der Waals surface area contributed by atoms with Crippen molar-refractivity contribution in [2.45, 2.75) is 19.9 Å². The molecule has 2 aromatic heterocycles. The number of carbonyl (C=O) groups excluding carboxylic acids is 2. The molecule has 0 saturated heterocycles. The van der Waals surface area contributed by atoms with Gasteiger partial charge in [0.1, 0.15) is 12.3 Å². The lowest BCUT2D eigenvalue weighted by molar-refractivity contribution is -0.117. The van der Waals surface area contributed by atoms with E-state index in [2.05, 4.69) is 15.6 Å². The van der Waals surface area contributed by atoms with E-state index in [9.17, 15) is 9.59 Å². The Morgan fingerprint density at radius 1 is 1.08 bits per heavy atom. The summed E-state index contributed by atoms with van der Waals surface area (Å²) in [5.74, 6) is -0.652. The highest BCUT2D eigenvalue weighted by molar-refractivity contribution is 6.01. The molecular formula is C20H19N3O3. The van der Waals surface area contributed by atoms with Crippen molar-refractivity contribution in [3.8, 4) is 11.1 Å². The Balaban J connectivity index is 1.71. The lowest BCUT2D eigenvalue weighted by Gasteiger charge is -2.16. The first-order chi connectivity index (χ1) is 12.5. The van der Waals surface area contributed by atoms with Gasteiger partial charge in [-0.1, -0.05) is 12.1 Å². The van der Waals surface area contributed by atoms with Crippen molar-refractivity contribution in [3.63, 3.8) is 0 Å². The largest absolute Gasteiger partial charge is 0.472 e. The first kappa shape index (κ1) is 17.4. The summed E-state index contributed by atoms with van der Waals surface area (Å²) in [6.45, 7) is 3.55. The third-order valence-corrected chi connectivity index (χ3v) is 4.03. The summed E-state index contributed by atoms with van der Waals surface area (Å²) in [7, 11) is 0. The zero-order chi connectivity index (χ0) is 18.5. The first-order valence-corrected chi connectivity index (χ1v) is 8.19. The van der Waals surface area contributed by atoms with Gasteiger partial charge < -0.3 is 15.1 Å². The van der Waals surface area contributed by atoms with Crippen LogP contribution in [0.15, 0.2) is 65.7 Å². The number of amides is 2. The van der Waals surface area contributed by atoms with Crippen molar-refractivity contribution >= 4 is 17.5 Å². The van der Waals surface area contributed by atoms with E-state index in [1.807, 2.05) is 37.3 Å². The maximum Gasteiger partial charge on any atom is 0.255 e. The van der Waals surface area contributed by atoms with Crippen molar-refractivity contribution < 1.29 is 14.0 Å². The number of aromatic nitrogens is 1. The highest BCUT2D eigenvalue weighted by Crippen LogP contribution is 2.25. The van der Waals surface area contributed by atoms with Gasteiger partial charge in [-0.2, -0.15) is 0 Å². The average Bonchev–Trinajstić information content (AvgIpc) is 3.19. The Morgan fingerprint density at radius 3 is 2.54 bits per heavy atom. The number of rotatable bonds is 5. The molecule has 0 aliphatic rings. The van der Waals surface area contributed by atoms with E-state index in [0.717, 1.165) is 16.7 Å². The Morgan fingerprint density at radius 2 is 1.85 bits per heavy atom. The van der Waals surface area contributed by atoms with E-state index >= 15 is 0 Å². The van der Waals surface area contributed by atoms with Gasteiger partial charge in [-0.05, 0) is 54.8 Å². The molecule has 132 valence electrons. The standard InChI is InChI=1S/C20H19N3O3/c1-13-3-4-16(15-5-8-21-9-6-15)11-18(13)23-19(24)14(2)22-20(25)17-7-10-26-12-17/h3-12,14H,1-2H3,(H,22,25)(H,23,24). The summed E-state index contributed by atoms with van der Waals surface area (Å²) >= 11 is 0. The van der Waals surface area contributed by atoms with Gasteiger partial charge in [0.25, 0.3) is 5.91 Å². The van der Waals surface area contributed by atoms with Gasteiger partial charge >= 0.3 is 0 Å². The maximum absolute atomic E-state index is 12.5. The average molecular weight is 349 g/mol. The third kappa shape index (κ3) is 3.97. The number of hydrogen-bond donors (Lipinski definition) is 2. The number of pyridine rings is 1. The fourth-order valence-corrected chi connectivity index (χ4v) is 2.46. The smallest absolute Gasteiger partial charge is 0.255 e. The molecule has 0 radical (unpaired) electrons. The van der Waals surface area contributed by atoms with E-state index in [1.54, 1.807) is 25.4 Å². The lowest BCUT2D eigenvalue weighted by Crippen LogP contribution is -2.41. The fraction of sp³-hybridized carbons (Fsp3) is 0.150. The van der Waals surface area contributed by atoms with Gasteiger partial charge in [0.05, 0.1) is 11.8 Å². The zero-order valence-electron chi connectivity index (χ0n) is 14.5. The Hall–Kier alpha value is -3.41. The summed E-state index contributed by atoms with van der Waals surface area (Å²) in [6, 6.07) is 10.5. The van der Waals surface area contributed by atoms with E-state index in [-0.39, 0.29) is 11.8 Å². The highest BCUT2D eigenvalue weighted by Gasteiger charge is 2.18. The van der Waals surface area contributed by atoms with Gasteiger partial charge in [0.15, 0.2) is 0 Å². The molecule has 3 aromatic rings. The first-order valence-electron chi connectivity index (χ1n) is 8.19. The number of furan rings is 1. The predicted octanol–water partition coefficient (Wildman–Crippen LogP) is 3.41. The number of carbonyl (C=O) groups is 2. The number of nitrogens with zero attached hydrogens (tertiary/aromatic N) is 1.